The van der Waals surface area contributed by atoms with Crippen LogP contribution in [0.2, 0.25) is 0 Å². The zero-order valence-corrected chi connectivity index (χ0v) is 19.0. The predicted octanol–water partition coefficient (Wildman–Crippen LogP) is 3.69. The average Bonchev–Trinajstić information content (AvgIpc) is 3.22. The highest BCUT2D eigenvalue weighted by Gasteiger charge is 2.22. The van der Waals surface area contributed by atoms with E-state index in [9.17, 15) is 4.79 Å². The number of nitrogens with one attached hydrogen (secondary N) is 1. The van der Waals surface area contributed by atoms with Crippen LogP contribution in [0.15, 0.2) is 33.3 Å². The van der Waals surface area contributed by atoms with E-state index >= 15 is 0 Å². The van der Waals surface area contributed by atoms with Crippen molar-refractivity contribution in [2.75, 3.05) is 31.5 Å². The Morgan fingerprint density at radius 1 is 1.13 bits per heavy atom. The van der Waals surface area contributed by atoms with Gasteiger partial charge in [-0.2, -0.15) is 4.98 Å². The fourth-order valence-corrected chi connectivity index (χ4v) is 4.02. The second kappa shape index (κ2) is 9.13. The van der Waals surface area contributed by atoms with Gasteiger partial charge < -0.3 is 19.3 Å². The third-order valence-corrected chi connectivity index (χ3v) is 6.01. The molecule has 1 N–H and O–H groups in total. The van der Waals surface area contributed by atoms with Crippen molar-refractivity contribution < 1.29 is 13.8 Å². The molecule has 0 bridgehead atoms. The normalized spacial score (nSPS) is 15.2. The zero-order valence-electron chi connectivity index (χ0n) is 16.9. The number of aromatic nitrogens is 3. The van der Waals surface area contributed by atoms with Crippen LogP contribution in [0.1, 0.15) is 23.7 Å². The topological polar surface area (TPSA) is 101 Å². The van der Waals surface area contributed by atoms with Gasteiger partial charge in [-0.15, -0.1) is 0 Å². The van der Waals surface area contributed by atoms with Crippen molar-refractivity contribution >= 4 is 34.3 Å². The summed E-state index contributed by atoms with van der Waals surface area (Å²) in [6.45, 7) is 7.20. The summed E-state index contributed by atoms with van der Waals surface area (Å²) in [4.78, 5) is 21.3. The molecule has 1 aromatic carbocycles. The maximum absolute atomic E-state index is 12.7. The van der Waals surface area contributed by atoms with Crippen molar-refractivity contribution in [1.82, 2.24) is 25.1 Å². The summed E-state index contributed by atoms with van der Waals surface area (Å²) in [5.74, 6) is 1.70. The van der Waals surface area contributed by atoms with Gasteiger partial charge in [0.05, 0.1) is 17.9 Å². The van der Waals surface area contributed by atoms with Gasteiger partial charge in [0.15, 0.2) is 5.82 Å². The summed E-state index contributed by atoms with van der Waals surface area (Å²) >= 11 is 2.22. The van der Waals surface area contributed by atoms with E-state index in [1.165, 1.54) is 0 Å². The number of hydrogen-bond acceptors (Lipinski definition) is 7. The van der Waals surface area contributed by atoms with Gasteiger partial charge in [0.1, 0.15) is 11.3 Å². The third-order valence-electron chi connectivity index (χ3n) is 5.07. The lowest BCUT2D eigenvalue weighted by atomic mass is 10.2. The Labute approximate surface area is 187 Å². The second-order valence-corrected chi connectivity index (χ2v) is 8.40. The van der Waals surface area contributed by atoms with Crippen molar-refractivity contribution in [3.63, 3.8) is 0 Å². The number of carbonyl (C=O) groups is 1. The van der Waals surface area contributed by atoms with Gasteiger partial charge >= 0.3 is 6.03 Å². The van der Waals surface area contributed by atoms with E-state index in [1.54, 1.807) is 0 Å². The van der Waals surface area contributed by atoms with E-state index in [0.717, 1.165) is 40.0 Å². The Morgan fingerprint density at radius 2 is 1.97 bits per heavy atom. The number of amides is 2. The molecule has 10 heteroatoms. The first-order chi connectivity index (χ1) is 14.5. The highest BCUT2D eigenvalue weighted by atomic mass is 127. The number of urea groups is 1. The molecular formula is C20H23IN6O3. The monoisotopic (exact) mass is 522 g/mol. The predicted molar refractivity (Wildman–Crippen MR) is 119 cm³/mol. The van der Waals surface area contributed by atoms with Crippen LogP contribution in [0.25, 0.3) is 11.5 Å². The minimum absolute atomic E-state index is 0.0683. The highest BCUT2D eigenvalue weighted by Crippen LogP contribution is 2.25. The minimum Gasteiger partial charge on any atom is -0.361 e. The van der Waals surface area contributed by atoms with E-state index in [2.05, 4.69) is 48.1 Å². The van der Waals surface area contributed by atoms with Gasteiger partial charge in [0, 0.05) is 29.7 Å². The van der Waals surface area contributed by atoms with Crippen LogP contribution < -0.4 is 5.32 Å². The van der Waals surface area contributed by atoms with Crippen LogP contribution in [-0.2, 0) is 6.54 Å². The van der Waals surface area contributed by atoms with Gasteiger partial charge in [-0.05, 0) is 55.0 Å². The van der Waals surface area contributed by atoms with Crippen molar-refractivity contribution in [2.24, 2.45) is 0 Å². The minimum atomic E-state index is -0.0683. The second-order valence-electron chi connectivity index (χ2n) is 7.24. The first-order valence-electron chi connectivity index (χ1n) is 9.80. The van der Waals surface area contributed by atoms with Crippen molar-refractivity contribution in [2.45, 2.75) is 26.8 Å². The van der Waals surface area contributed by atoms with E-state index in [0.29, 0.717) is 37.1 Å². The number of anilines is 1. The molecule has 3 heterocycles. The van der Waals surface area contributed by atoms with E-state index in [-0.39, 0.29) is 6.03 Å². The van der Waals surface area contributed by atoms with Crippen LogP contribution in [0.4, 0.5) is 10.5 Å². The molecular weight excluding hydrogens is 499 g/mol. The molecule has 3 aromatic rings. The molecule has 0 unspecified atom stereocenters. The molecule has 2 aromatic heterocycles. The fourth-order valence-electron chi connectivity index (χ4n) is 3.50. The molecule has 0 atom stereocenters. The number of nitrogens with zero attached hydrogens (tertiary/aromatic N) is 5. The molecule has 158 valence electrons. The lowest BCUT2D eigenvalue weighted by Crippen LogP contribution is -2.38. The molecule has 0 spiro atoms. The quantitative estimate of drug-likeness (QED) is 0.522. The lowest BCUT2D eigenvalue weighted by Gasteiger charge is -2.22. The summed E-state index contributed by atoms with van der Waals surface area (Å²) in [6, 6.07) is 7.69. The first kappa shape index (κ1) is 20.8. The molecule has 30 heavy (non-hydrogen) atoms. The van der Waals surface area contributed by atoms with Gasteiger partial charge in [-0.25, -0.2) is 4.79 Å². The fraction of sp³-hybridized carbons (Fsp3) is 0.400. The molecule has 1 saturated heterocycles. The standard InChI is InChI=1S/C20H23IN6O3/c1-13-18(14(2)29-24-13)19-23-17(25-30-19)12-26-8-5-9-27(11-10-26)20(28)22-16-7-4-3-6-15(16)21/h3-4,6-7H,5,8-12H2,1-2H3,(H,22,28). The van der Waals surface area contributed by atoms with Gasteiger partial charge in [0.25, 0.3) is 5.89 Å². The average molecular weight is 522 g/mol. The van der Waals surface area contributed by atoms with E-state index < -0.39 is 0 Å². The van der Waals surface area contributed by atoms with Crippen molar-refractivity contribution in [3.8, 4) is 11.5 Å². The number of aryl methyl sites for hydroxylation is 2. The molecule has 1 aliphatic heterocycles. The zero-order chi connectivity index (χ0) is 21.1. The number of rotatable bonds is 4. The number of halogens is 1. The maximum atomic E-state index is 12.7. The third kappa shape index (κ3) is 4.64. The Kier molecular flexibility index (Phi) is 6.32. The van der Waals surface area contributed by atoms with Crippen molar-refractivity contribution in [1.29, 1.82) is 0 Å². The Balaban J connectivity index is 1.35. The SMILES string of the molecule is Cc1noc(C)c1-c1nc(CN2CCCN(C(=O)Nc3ccccc3I)CC2)no1. The summed E-state index contributed by atoms with van der Waals surface area (Å²) < 4.78 is 11.6. The maximum Gasteiger partial charge on any atom is 0.321 e. The summed E-state index contributed by atoms with van der Waals surface area (Å²) in [7, 11) is 0. The Morgan fingerprint density at radius 3 is 2.73 bits per heavy atom. The Hall–Kier alpha value is -2.47. The van der Waals surface area contributed by atoms with Crippen LogP contribution in [0.5, 0.6) is 0 Å². The molecule has 0 saturated carbocycles. The molecule has 4 rings (SSSR count). The number of benzene rings is 1. The smallest absolute Gasteiger partial charge is 0.321 e. The van der Waals surface area contributed by atoms with Gasteiger partial charge in [-0.3, -0.25) is 4.90 Å². The first-order valence-corrected chi connectivity index (χ1v) is 10.9. The molecule has 0 aliphatic carbocycles. The van der Waals surface area contributed by atoms with Crippen LogP contribution in [0, 0.1) is 17.4 Å². The van der Waals surface area contributed by atoms with Crippen molar-refractivity contribution in [3.05, 3.63) is 45.1 Å². The van der Waals surface area contributed by atoms with Gasteiger partial charge in [0.2, 0.25) is 0 Å². The molecule has 2 amide bonds. The lowest BCUT2D eigenvalue weighted by molar-refractivity contribution is 0.210. The summed E-state index contributed by atoms with van der Waals surface area (Å²) in [5.41, 5.74) is 2.32. The Bertz CT molecular complexity index is 1010. The number of carbonyl (C=O) groups excluding carboxylic acids is 1. The summed E-state index contributed by atoms with van der Waals surface area (Å²) in [6.07, 6.45) is 0.883. The van der Waals surface area contributed by atoms with E-state index in [1.807, 2.05) is 43.0 Å². The van der Waals surface area contributed by atoms with Crippen LogP contribution >= 0.6 is 22.6 Å². The highest BCUT2D eigenvalue weighted by molar-refractivity contribution is 14.1. The van der Waals surface area contributed by atoms with E-state index in [4.69, 9.17) is 9.05 Å². The summed E-state index contributed by atoms with van der Waals surface area (Å²) in [5, 5.41) is 11.0. The molecule has 1 aliphatic rings. The van der Waals surface area contributed by atoms with Gasteiger partial charge in [-0.1, -0.05) is 22.4 Å². The van der Waals surface area contributed by atoms with Crippen LogP contribution in [0.3, 0.4) is 0 Å². The largest absolute Gasteiger partial charge is 0.361 e. The molecule has 9 nitrogen and oxygen atoms in total. The molecule has 0 radical (unpaired) electrons. The number of para-hydroxylation sites is 1. The number of hydrogen-bond donors (Lipinski definition) is 1. The molecule has 1 fully saturated rings. The van der Waals surface area contributed by atoms with Crippen LogP contribution in [-0.4, -0.2) is 57.3 Å².